The molecule has 0 unspecified atom stereocenters. The van der Waals surface area contributed by atoms with Crippen molar-refractivity contribution in [3.63, 3.8) is 0 Å². The lowest BCUT2D eigenvalue weighted by Gasteiger charge is -2.26. The molecular weight excluding hydrogens is 428 g/mol. The quantitative estimate of drug-likeness (QED) is 0.406. The molecular formula is C27H28N4O3. The van der Waals surface area contributed by atoms with Crippen LogP contribution in [0.5, 0.6) is 17.2 Å². The summed E-state index contributed by atoms with van der Waals surface area (Å²) in [5.74, 6) is 3.22. The van der Waals surface area contributed by atoms with E-state index in [1.807, 2.05) is 53.0 Å². The predicted molar refractivity (Wildman–Crippen MR) is 130 cm³/mol. The molecule has 0 radical (unpaired) electrons. The molecule has 0 atom stereocenters. The second-order valence-electron chi connectivity index (χ2n) is 8.85. The van der Waals surface area contributed by atoms with E-state index >= 15 is 0 Å². The van der Waals surface area contributed by atoms with E-state index in [1.165, 1.54) is 32.4 Å². The van der Waals surface area contributed by atoms with Crippen LogP contribution in [0.1, 0.15) is 30.7 Å². The highest BCUT2D eigenvalue weighted by molar-refractivity contribution is 5.67. The molecule has 4 aromatic rings. The van der Waals surface area contributed by atoms with E-state index in [0.717, 1.165) is 58.7 Å². The summed E-state index contributed by atoms with van der Waals surface area (Å²) < 4.78 is 18.8. The third-order valence-electron chi connectivity index (χ3n) is 6.48. The molecule has 34 heavy (non-hydrogen) atoms. The van der Waals surface area contributed by atoms with Crippen LogP contribution in [0.15, 0.2) is 60.7 Å². The number of hydrogen-bond donors (Lipinski definition) is 0. The average Bonchev–Trinajstić information content (AvgIpc) is 3.51. The van der Waals surface area contributed by atoms with Crippen molar-refractivity contribution in [1.29, 1.82) is 0 Å². The minimum Gasteiger partial charge on any atom is -0.492 e. The zero-order chi connectivity index (χ0) is 22.7. The molecule has 2 aliphatic rings. The first-order valence-electron chi connectivity index (χ1n) is 12.0. The van der Waals surface area contributed by atoms with Gasteiger partial charge < -0.3 is 14.2 Å². The van der Waals surface area contributed by atoms with Crippen LogP contribution in [-0.2, 0) is 6.42 Å². The Labute approximate surface area is 198 Å². The smallest absolute Gasteiger partial charge is 0.231 e. The standard InChI is InChI=1S/C27H28N4O3/c1-2-13-30(14-3-1)15-16-32-22-10-7-20(8-11-22)17-26-28-27-6-4-5-23(31(27)29-26)21-9-12-24-25(18-21)34-19-33-24/h4-12,18H,1-3,13-17,19H2. The summed E-state index contributed by atoms with van der Waals surface area (Å²) >= 11 is 0. The van der Waals surface area contributed by atoms with Gasteiger partial charge in [-0.1, -0.05) is 24.6 Å². The van der Waals surface area contributed by atoms with Gasteiger partial charge in [-0.15, -0.1) is 0 Å². The number of aromatic nitrogens is 3. The number of pyridine rings is 1. The second-order valence-corrected chi connectivity index (χ2v) is 8.85. The van der Waals surface area contributed by atoms with Gasteiger partial charge in [0.25, 0.3) is 0 Å². The Balaban J connectivity index is 1.13. The maximum atomic E-state index is 5.96. The van der Waals surface area contributed by atoms with Gasteiger partial charge in [-0.2, -0.15) is 5.10 Å². The molecule has 4 heterocycles. The highest BCUT2D eigenvalue weighted by Crippen LogP contribution is 2.35. The van der Waals surface area contributed by atoms with Crippen molar-refractivity contribution >= 4 is 5.65 Å². The summed E-state index contributed by atoms with van der Waals surface area (Å²) in [6, 6.07) is 20.2. The molecule has 1 saturated heterocycles. The summed E-state index contributed by atoms with van der Waals surface area (Å²) in [5.41, 5.74) is 3.95. The highest BCUT2D eigenvalue weighted by atomic mass is 16.7. The van der Waals surface area contributed by atoms with E-state index < -0.39 is 0 Å². The van der Waals surface area contributed by atoms with Crippen LogP contribution >= 0.6 is 0 Å². The van der Waals surface area contributed by atoms with Gasteiger partial charge in [0.05, 0.1) is 5.69 Å². The number of ether oxygens (including phenoxy) is 3. The Bertz CT molecular complexity index is 1280. The normalized spacial score (nSPS) is 15.6. The Morgan fingerprint density at radius 2 is 1.74 bits per heavy atom. The lowest BCUT2D eigenvalue weighted by molar-refractivity contribution is 0.174. The Morgan fingerprint density at radius 3 is 2.62 bits per heavy atom. The molecule has 0 amide bonds. The molecule has 0 saturated carbocycles. The van der Waals surface area contributed by atoms with E-state index in [0.29, 0.717) is 6.42 Å². The molecule has 7 nitrogen and oxygen atoms in total. The number of benzene rings is 2. The lowest BCUT2D eigenvalue weighted by atomic mass is 10.1. The van der Waals surface area contributed by atoms with E-state index in [1.54, 1.807) is 0 Å². The first-order chi connectivity index (χ1) is 16.8. The number of rotatable bonds is 7. The Morgan fingerprint density at radius 1 is 0.882 bits per heavy atom. The van der Waals surface area contributed by atoms with Crippen molar-refractivity contribution in [3.8, 4) is 28.5 Å². The van der Waals surface area contributed by atoms with Crippen LogP contribution in [0, 0.1) is 0 Å². The number of nitrogens with zero attached hydrogens (tertiary/aromatic N) is 4. The van der Waals surface area contributed by atoms with Gasteiger partial charge in [-0.3, -0.25) is 4.90 Å². The number of hydrogen-bond acceptors (Lipinski definition) is 6. The van der Waals surface area contributed by atoms with Gasteiger partial charge in [0.2, 0.25) is 6.79 Å². The Hall–Kier alpha value is -3.58. The van der Waals surface area contributed by atoms with Crippen molar-refractivity contribution in [2.75, 3.05) is 33.0 Å². The highest BCUT2D eigenvalue weighted by Gasteiger charge is 2.16. The fourth-order valence-corrected chi connectivity index (χ4v) is 4.66. The van der Waals surface area contributed by atoms with Gasteiger partial charge >= 0.3 is 0 Å². The topological polar surface area (TPSA) is 61.1 Å². The first kappa shape index (κ1) is 21.0. The number of piperidine rings is 1. The van der Waals surface area contributed by atoms with Crippen LogP contribution < -0.4 is 14.2 Å². The third-order valence-corrected chi connectivity index (χ3v) is 6.48. The zero-order valence-corrected chi connectivity index (χ0v) is 19.2. The van der Waals surface area contributed by atoms with Crippen molar-refractivity contribution < 1.29 is 14.2 Å². The van der Waals surface area contributed by atoms with Crippen molar-refractivity contribution in [3.05, 3.63) is 72.1 Å². The summed E-state index contributed by atoms with van der Waals surface area (Å²) in [7, 11) is 0. The van der Waals surface area contributed by atoms with Gasteiger partial charge in [0.1, 0.15) is 12.4 Å². The fourth-order valence-electron chi connectivity index (χ4n) is 4.66. The summed E-state index contributed by atoms with van der Waals surface area (Å²) in [6.45, 7) is 4.39. The van der Waals surface area contributed by atoms with E-state index in [2.05, 4.69) is 17.0 Å². The molecule has 6 rings (SSSR count). The maximum absolute atomic E-state index is 5.96. The molecule has 1 fully saturated rings. The largest absolute Gasteiger partial charge is 0.492 e. The van der Waals surface area contributed by atoms with E-state index in [-0.39, 0.29) is 6.79 Å². The van der Waals surface area contributed by atoms with Crippen molar-refractivity contribution in [2.24, 2.45) is 0 Å². The van der Waals surface area contributed by atoms with Crippen LogP contribution in [0.2, 0.25) is 0 Å². The summed E-state index contributed by atoms with van der Waals surface area (Å²) in [6.07, 6.45) is 4.64. The molecule has 0 N–H and O–H groups in total. The lowest BCUT2D eigenvalue weighted by Crippen LogP contribution is -2.33. The molecule has 0 spiro atoms. The molecule has 0 bridgehead atoms. The minimum absolute atomic E-state index is 0.263. The monoisotopic (exact) mass is 456 g/mol. The Kier molecular flexibility index (Phi) is 5.77. The minimum atomic E-state index is 0.263. The van der Waals surface area contributed by atoms with Crippen LogP contribution in [0.3, 0.4) is 0 Å². The summed E-state index contributed by atoms with van der Waals surface area (Å²) in [4.78, 5) is 7.24. The zero-order valence-electron chi connectivity index (χ0n) is 19.2. The maximum Gasteiger partial charge on any atom is 0.231 e. The third kappa shape index (κ3) is 4.43. The molecule has 0 aliphatic carbocycles. The van der Waals surface area contributed by atoms with Gasteiger partial charge in [-0.05, 0) is 74.0 Å². The van der Waals surface area contributed by atoms with Crippen molar-refractivity contribution in [2.45, 2.75) is 25.7 Å². The van der Waals surface area contributed by atoms with Crippen molar-refractivity contribution in [1.82, 2.24) is 19.5 Å². The summed E-state index contributed by atoms with van der Waals surface area (Å²) in [5, 5.41) is 4.80. The predicted octanol–water partition coefficient (Wildman–Crippen LogP) is 4.58. The van der Waals surface area contributed by atoms with E-state index in [9.17, 15) is 0 Å². The molecule has 2 aliphatic heterocycles. The molecule has 7 heteroatoms. The fraction of sp³-hybridized carbons (Fsp3) is 0.333. The average molecular weight is 457 g/mol. The van der Waals surface area contributed by atoms with Crippen LogP contribution in [0.4, 0.5) is 0 Å². The number of likely N-dealkylation sites (tertiary alicyclic amines) is 1. The van der Waals surface area contributed by atoms with E-state index in [4.69, 9.17) is 24.3 Å². The second kappa shape index (κ2) is 9.35. The molecule has 2 aromatic carbocycles. The van der Waals surface area contributed by atoms with Crippen LogP contribution in [0.25, 0.3) is 16.9 Å². The first-order valence-corrected chi connectivity index (χ1v) is 12.0. The van der Waals surface area contributed by atoms with Gasteiger partial charge in [0.15, 0.2) is 23.0 Å². The molecule has 174 valence electrons. The molecule has 2 aromatic heterocycles. The van der Waals surface area contributed by atoms with Crippen LogP contribution in [-0.4, -0.2) is 52.5 Å². The SMILES string of the molecule is c1cc(-c2ccc3c(c2)OCO3)n2nc(Cc3ccc(OCCN4CCCCC4)cc3)nc2c1. The van der Waals surface area contributed by atoms with Gasteiger partial charge in [0, 0.05) is 18.5 Å². The number of fused-ring (bicyclic) bond motifs is 2. The van der Waals surface area contributed by atoms with Gasteiger partial charge in [-0.25, -0.2) is 9.50 Å².